The zero-order valence-corrected chi connectivity index (χ0v) is 16.3. The van der Waals surface area contributed by atoms with Gasteiger partial charge in [0.25, 0.3) is 0 Å². The van der Waals surface area contributed by atoms with E-state index in [0.717, 1.165) is 31.1 Å². The Labute approximate surface area is 160 Å². The smallest absolute Gasteiger partial charge is 0.0490 e. The average Bonchev–Trinajstić information content (AvgIpc) is 2.96. The molecule has 2 aromatic carbocycles. The molecule has 4 heteroatoms. The summed E-state index contributed by atoms with van der Waals surface area (Å²) in [4.78, 5) is 2.26. The van der Waals surface area contributed by atoms with Gasteiger partial charge in [-0.25, -0.2) is 0 Å². The molecular formula is C22H26ClN3. The Morgan fingerprint density at radius 1 is 1.15 bits per heavy atom. The summed E-state index contributed by atoms with van der Waals surface area (Å²) in [5.41, 5.74) is 5.32. The molecule has 0 saturated heterocycles. The lowest BCUT2D eigenvalue weighted by molar-refractivity contribution is 0.353. The van der Waals surface area contributed by atoms with Crippen LogP contribution >= 0.6 is 11.6 Å². The van der Waals surface area contributed by atoms with E-state index in [0.29, 0.717) is 6.04 Å². The lowest BCUT2D eigenvalue weighted by Gasteiger charge is -2.28. The van der Waals surface area contributed by atoms with Gasteiger partial charge in [0.15, 0.2) is 0 Å². The van der Waals surface area contributed by atoms with Gasteiger partial charge in [0.1, 0.15) is 0 Å². The van der Waals surface area contributed by atoms with Crippen LogP contribution in [0.5, 0.6) is 0 Å². The maximum atomic E-state index is 6.37. The zero-order chi connectivity index (χ0) is 18.1. The van der Waals surface area contributed by atoms with Crippen molar-refractivity contribution < 1.29 is 0 Å². The minimum absolute atomic E-state index is 0.380. The third-order valence-electron chi connectivity index (χ3n) is 5.28. The van der Waals surface area contributed by atoms with Crippen LogP contribution in [-0.2, 0) is 6.54 Å². The van der Waals surface area contributed by atoms with Gasteiger partial charge in [-0.05, 0) is 57.2 Å². The second-order valence-electron chi connectivity index (χ2n) is 7.39. The molecule has 3 nitrogen and oxygen atoms in total. The van der Waals surface area contributed by atoms with E-state index in [2.05, 4.69) is 71.3 Å². The number of nitrogens with zero attached hydrogens (tertiary/aromatic N) is 2. The molecule has 4 rings (SSSR count). The molecule has 136 valence electrons. The summed E-state index contributed by atoms with van der Waals surface area (Å²) < 4.78 is 2.50. The summed E-state index contributed by atoms with van der Waals surface area (Å²) in [6.07, 6.45) is 2.32. The predicted molar refractivity (Wildman–Crippen MR) is 111 cm³/mol. The molecule has 0 aliphatic carbocycles. The molecular weight excluding hydrogens is 342 g/mol. The SMILES string of the molecule is CN(C)CCCC1NCCn2c1c(-c1ccccc1)c1cc(Cl)ccc12. The van der Waals surface area contributed by atoms with E-state index in [9.17, 15) is 0 Å². The highest BCUT2D eigenvalue weighted by Crippen LogP contribution is 2.41. The predicted octanol–water partition coefficient (Wildman–Crippen LogP) is 4.95. The highest BCUT2D eigenvalue weighted by molar-refractivity contribution is 6.31. The highest BCUT2D eigenvalue weighted by Gasteiger charge is 2.27. The van der Waals surface area contributed by atoms with Crippen molar-refractivity contribution in [2.75, 3.05) is 27.2 Å². The third-order valence-corrected chi connectivity index (χ3v) is 5.52. The van der Waals surface area contributed by atoms with E-state index in [-0.39, 0.29) is 0 Å². The van der Waals surface area contributed by atoms with Crippen LogP contribution in [0.3, 0.4) is 0 Å². The van der Waals surface area contributed by atoms with Gasteiger partial charge >= 0.3 is 0 Å². The highest BCUT2D eigenvalue weighted by atomic mass is 35.5. The van der Waals surface area contributed by atoms with Gasteiger partial charge in [0.05, 0.1) is 0 Å². The maximum Gasteiger partial charge on any atom is 0.0490 e. The minimum Gasteiger partial charge on any atom is -0.341 e. The van der Waals surface area contributed by atoms with Gasteiger partial charge in [-0.2, -0.15) is 0 Å². The molecule has 0 saturated carbocycles. The van der Waals surface area contributed by atoms with E-state index in [1.807, 2.05) is 6.07 Å². The lowest BCUT2D eigenvalue weighted by atomic mass is 9.96. The van der Waals surface area contributed by atoms with Crippen molar-refractivity contribution >= 4 is 22.5 Å². The molecule has 0 spiro atoms. The molecule has 1 unspecified atom stereocenters. The van der Waals surface area contributed by atoms with Crippen molar-refractivity contribution in [1.82, 2.24) is 14.8 Å². The number of hydrogen-bond acceptors (Lipinski definition) is 2. The maximum absolute atomic E-state index is 6.37. The van der Waals surface area contributed by atoms with Crippen LogP contribution in [0.2, 0.25) is 5.02 Å². The van der Waals surface area contributed by atoms with Crippen LogP contribution in [0.4, 0.5) is 0 Å². The second-order valence-corrected chi connectivity index (χ2v) is 7.83. The number of halogens is 1. The van der Waals surface area contributed by atoms with Gasteiger partial charge in [-0.15, -0.1) is 0 Å². The molecule has 26 heavy (non-hydrogen) atoms. The fourth-order valence-corrected chi connectivity index (χ4v) is 4.33. The Kier molecular flexibility index (Phi) is 5.03. The molecule has 1 aliphatic rings. The number of benzene rings is 2. The van der Waals surface area contributed by atoms with E-state index in [1.165, 1.54) is 34.1 Å². The first-order chi connectivity index (χ1) is 12.6. The molecule has 1 atom stereocenters. The lowest BCUT2D eigenvalue weighted by Crippen LogP contribution is -2.33. The molecule has 0 bridgehead atoms. The van der Waals surface area contributed by atoms with Crippen LogP contribution in [0.25, 0.3) is 22.0 Å². The van der Waals surface area contributed by atoms with E-state index < -0.39 is 0 Å². The second kappa shape index (κ2) is 7.43. The third kappa shape index (κ3) is 3.27. The fraction of sp³-hybridized carbons (Fsp3) is 0.364. The van der Waals surface area contributed by atoms with Gasteiger partial charge in [-0.1, -0.05) is 41.9 Å². The largest absolute Gasteiger partial charge is 0.341 e. The van der Waals surface area contributed by atoms with Crippen molar-refractivity contribution in [3.05, 3.63) is 59.2 Å². The summed E-state index contributed by atoms with van der Waals surface area (Å²) in [6.45, 7) is 3.13. The standard InChI is InChI=1S/C22H26ClN3/c1-25(2)13-6-9-19-22-21(16-7-4-3-5-8-16)18-15-17(23)10-11-20(18)26(22)14-12-24-19/h3-5,7-8,10-11,15,19,24H,6,9,12-14H2,1-2H3. The van der Waals surface area contributed by atoms with Crippen molar-refractivity contribution in [2.45, 2.75) is 25.4 Å². The van der Waals surface area contributed by atoms with Crippen molar-refractivity contribution in [3.63, 3.8) is 0 Å². The number of nitrogens with one attached hydrogen (secondary N) is 1. The Bertz CT molecular complexity index is 899. The van der Waals surface area contributed by atoms with Gasteiger partial charge < -0.3 is 14.8 Å². The average molecular weight is 368 g/mol. The summed E-state index contributed by atoms with van der Waals surface area (Å²) in [7, 11) is 4.28. The molecule has 0 amide bonds. The zero-order valence-electron chi connectivity index (χ0n) is 15.5. The number of fused-ring (bicyclic) bond motifs is 3. The topological polar surface area (TPSA) is 20.2 Å². The first-order valence-electron chi connectivity index (χ1n) is 9.40. The van der Waals surface area contributed by atoms with E-state index in [1.54, 1.807) is 0 Å². The molecule has 1 aliphatic heterocycles. The normalized spacial score (nSPS) is 17.0. The summed E-state index contributed by atoms with van der Waals surface area (Å²) in [5.74, 6) is 0. The Morgan fingerprint density at radius 2 is 1.96 bits per heavy atom. The Balaban J connectivity index is 1.86. The van der Waals surface area contributed by atoms with Gasteiger partial charge in [-0.3, -0.25) is 0 Å². The fourth-order valence-electron chi connectivity index (χ4n) is 4.16. The van der Waals surface area contributed by atoms with Crippen molar-refractivity contribution in [3.8, 4) is 11.1 Å². The molecule has 1 aromatic heterocycles. The van der Waals surface area contributed by atoms with E-state index in [4.69, 9.17) is 11.6 Å². The minimum atomic E-state index is 0.380. The van der Waals surface area contributed by atoms with Crippen LogP contribution < -0.4 is 5.32 Å². The van der Waals surface area contributed by atoms with E-state index >= 15 is 0 Å². The number of aromatic nitrogens is 1. The first kappa shape index (κ1) is 17.6. The van der Waals surface area contributed by atoms with Crippen LogP contribution in [0.1, 0.15) is 24.6 Å². The monoisotopic (exact) mass is 367 g/mol. The molecule has 0 fully saturated rings. The molecule has 1 N–H and O–H groups in total. The molecule has 2 heterocycles. The number of hydrogen-bond donors (Lipinski definition) is 1. The van der Waals surface area contributed by atoms with Crippen molar-refractivity contribution in [1.29, 1.82) is 0 Å². The van der Waals surface area contributed by atoms with Crippen LogP contribution in [-0.4, -0.2) is 36.7 Å². The summed E-state index contributed by atoms with van der Waals surface area (Å²) in [6, 6.07) is 17.4. The molecule has 0 radical (unpaired) electrons. The summed E-state index contributed by atoms with van der Waals surface area (Å²) in [5, 5.41) is 5.83. The van der Waals surface area contributed by atoms with Crippen LogP contribution in [0.15, 0.2) is 48.5 Å². The molecule has 3 aromatic rings. The quantitative estimate of drug-likeness (QED) is 0.688. The van der Waals surface area contributed by atoms with Crippen LogP contribution in [0, 0.1) is 0 Å². The van der Waals surface area contributed by atoms with Gasteiger partial charge in [0.2, 0.25) is 0 Å². The Hall–Kier alpha value is -1.81. The first-order valence-corrected chi connectivity index (χ1v) is 9.78. The number of rotatable bonds is 5. The van der Waals surface area contributed by atoms with Gasteiger partial charge in [0, 0.05) is 46.3 Å². The summed E-state index contributed by atoms with van der Waals surface area (Å²) >= 11 is 6.37. The van der Waals surface area contributed by atoms with Crippen molar-refractivity contribution in [2.24, 2.45) is 0 Å². The Morgan fingerprint density at radius 3 is 2.73 bits per heavy atom.